The molecule has 152 valence electrons. The van der Waals surface area contributed by atoms with Crippen LogP contribution in [0.2, 0.25) is 0 Å². The smallest absolute Gasteiger partial charge is 0.222 e. The van der Waals surface area contributed by atoms with Gasteiger partial charge in [-0.2, -0.15) is 0 Å². The highest BCUT2D eigenvalue weighted by Crippen LogP contribution is 2.43. The molecule has 2 aromatic carbocycles. The fraction of sp³-hybridized carbons (Fsp3) is 0.318. The van der Waals surface area contributed by atoms with Crippen LogP contribution in [0, 0.1) is 13.8 Å². The molecule has 2 unspecified atom stereocenters. The topological polar surface area (TPSA) is 77.4 Å². The summed E-state index contributed by atoms with van der Waals surface area (Å²) in [6, 6.07) is 8.26. The first-order valence-electron chi connectivity index (χ1n) is 9.12. The molecule has 29 heavy (non-hydrogen) atoms. The minimum absolute atomic E-state index is 0.317. The first-order chi connectivity index (χ1) is 13.9. The predicted molar refractivity (Wildman–Crippen MR) is 111 cm³/mol. The van der Waals surface area contributed by atoms with Gasteiger partial charge in [0.15, 0.2) is 17.8 Å². The second kappa shape index (κ2) is 8.34. The fourth-order valence-corrected chi connectivity index (χ4v) is 3.69. The van der Waals surface area contributed by atoms with E-state index in [1.54, 1.807) is 18.5 Å². The van der Waals surface area contributed by atoms with Gasteiger partial charge in [-0.1, -0.05) is 6.07 Å². The van der Waals surface area contributed by atoms with Gasteiger partial charge in [-0.15, -0.1) is 0 Å². The van der Waals surface area contributed by atoms with Gasteiger partial charge in [-0.05, 0) is 54.8 Å². The number of Topliss-reactive ketones (excluding diaryl/α,β-unsaturated/α-hetero) is 1. The van der Waals surface area contributed by atoms with Crippen LogP contribution in [0.5, 0.6) is 17.2 Å². The molecule has 1 heterocycles. The molecule has 0 fully saturated rings. The van der Waals surface area contributed by atoms with E-state index in [1.807, 2.05) is 30.9 Å². The molecule has 0 bridgehead atoms. The van der Waals surface area contributed by atoms with E-state index in [2.05, 4.69) is 11.1 Å². The number of methoxy groups -OCH3 is 3. The normalized spacial score (nSPS) is 17.9. The Labute approximate surface area is 169 Å². The van der Waals surface area contributed by atoms with Crippen molar-refractivity contribution in [3.8, 4) is 17.2 Å². The average molecular weight is 396 g/mol. The predicted octanol–water partition coefficient (Wildman–Crippen LogP) is 3.06. The Morgan fingerprint density at radius 1 is 0.966 bits per heavy atom. The molecule has 0 saturated carbocycles. The zero-order valence-electron chi connectivity index (χ0n) is 17.1. The number of ether oxygens (including phenoxy) is 3. The molecule has 0 spiro atoms. The summed E-state index contributed by atoms with van der Waals surface area (Å²) < 4.78 is 16.3. The number of rotatable bonds is 7. The van der Waals surface area contributed by atoms with Gasteiger partial charge in [0.1, 0.15) is 6.04 Å². The number of hydrogen-bond donors (Lipinski definition) is 0. The molecule has 0 aromatic heterocycles. The Bertz CT molecular complexity index is 924. The van der Waals surface area contributed by atoms with Gasteiger partial charge >= 0.3 is 0 Å². The van der Waals surface area contributed by atoms with Crippen LogP contribution in [0.25, 0.3) is 0 Å². The van der Waals surface area contributed by atoms with Gasteiger partial charge in [0.2, 0.25) is 11.5 Å². The molecule has 7 nitrogen and oxygen atoms in total. The Balaban J connectivity index is 2.17. The van der Waals surface area contributed by atoms with Crippen LogP contribution in [0.3, 0.4) is 0 Å². The molecule has 0 amide bonds. The number of nitrogens with zero attached hydrogens (tertiary/aromatic N) is 2. The van der Waals surface area contributed by atoms with Crippen LogP contribution in [-0.4, -0.2) is 45.8 Å². The summed E-state index contributed by atoms with van der Waals surface area (Å²) in [6.45, 7) is 4.01. The van der Waals surface area contributed by atoms with E-state index >= 15 is 0 Å². The molecule has 2 aromatic rings. The second-order valence-electron chi connectivity index (χ2n) is 6.89. The summed E-state index contributed by atoms with van der Waals surface area (Å²) in [7, 11) is 4.59. The minimum Gasteiger partial charge on any atom is -0.493 e. The summed E-state index contributed by atoms with van der Waals surface area (Å²) in [4.78, 5) is 29.8. The molecule has 2 atom stereocenters. The van der Waals surface area contributed by atoms with Gasteiger partial charge in [-0.25, -0.2) is 0 Å². The summed E-state index contributed by atoms with van der Waals surface area (Å²) in [5.41, 5.74) is 3.77. The molecule has 3 rings (SSSR count). The zero-order valence-corrected chi connectivity index (χ0v) is 17.1. The average Bonchev–Trinajstić information content (AvgIpc) is 3.16. The second-order valence-corrected chi connectivity index (χ2v) is 6.89. The number of aldehydes is 1. The summed E-state index contributed by atoms with van der Waals surface area (Å²) in [5, 5.41) is 0. The largest absolute Gasteiger partial charge is 0.493 e. The summed E-state index contributed by atoms with van der Waals surface area (Å²) >= 11 is 0. The third-order valence-electron chi connectivity index (χ3n) is 4.89. The van der Waals surface area contributed by atoms with Gasteiger partial charge in [-0.3, -0.25) is 14.6 Å². The lowest BCUT2D eigenvalue weighted by atomic mass is 9.95. The Morgan fingerprint density at radius 2 is 1.55 bits per heavy atom. The van der Waals surface area contributed by atoms with Crippen molar-refractivity contribution in [3.05, 3.63) is 47.0 Å². The minimum atomic E-state index is -0.865. The molecule has 0 aliphatic carbocycles. The van der Waals surface area contributed by atoms with Crippen LogP contribution >= 0.6 is 0 Å². The van der Waals surface area contributed by atoms with Crippen LogP contribution < -0.4 is 19.1 Å². The maximum Gasteiger partial charge on any atom is 0.222 e. The first kappa shape index (κ1) is 20.4. The maximum atomic E-state index is 12.3. The Hall–Kier alpha value is -3.35. The van der Waals surface area contributed by atoms with Crippen molar-refractivity contribution in [2.45, 2.75) is 25.9 Å². The van der Waals surface area contributed by atoms with E-state index in [-0.39, 0.29) is 0 Å². The summed E-state index contributed by atoms with van der Waals surface area (Å²) in [6.07, 6.45) is 1.92. The molecule has 7 heteroatoms. The molecular formula is C22H24N2O5. The number of anilines is 1. The lowest BCUT2D eigenvalue weighted by Gasteiger charge is -2.29. The van der Waals surface area contributed by atoms with Crippen molar-refractivity contribution in [1.82, 2.24) is 0 Å². The van der Waals surface area contributed by atoms with E-state index < -0.39 is 17.9 Å². The van der Waals surface area contributed by atoms with Crippen LogP contribution in [0.1, 0.15) is 22.7 Å². The number of aryl methyl sites for hydroxylation is 2. The molecule has 0 radical (unpaired) electrons. The van der Waals surface area contributed by atoms with Crippen molar-refractivity contribution in [2.24, 2.45) is 4.99 Å². The number of benzene rings is 2. The van der Waals surface area contributed by atoms with E-state index in [0.29, 0.717) is 23.5 Å². The van der Waals surface area contributed by atoms with E-state index in [4.69, 9.17) is 14.2 Å². The van der Waals surface area contributed by atoms with Crippen molar-refractivity contribution in [3.63, 3.8) is 0 Å². The van der Waals surface area contributed by atoms with Crippen LogP contribution in [-0.2, 0) is 9.59 Å². The van der Waals surface area contributed by atoms with E-state index in [9.17, 15) is 9.59 Å². The number of aliphatic imine (C=N–C) groups is 1. The highest BCUT2D eigenvalue weighted by molar-refractivity contribution is 6.28. The highest BCUT2D eigenvalue weighted by Gasteiger charge is 2.38. The Morgan fingerprint density at radius 3 is 2.03 bits per heavy atom. The van der Waals surface area contributed by atoms with Gasteiger partial charge in [0.25, 0.3) is 0 Å². The number of carbonyl (C=O) groups is 2. The van der Waals surface area contributed by atoms with Crippen LogP contribution in [0.15, 0.2) is 35.3 Å². The quantitative estimate of drug-likeness (QED) is 0.529. The van der Waals surface area contributed by atoms with Crippen molar-refractivity contribution < 1.29 is 23.8 Å². The van der Waals surface area contributed by atoms with Crippen molar-refractivity contribution in [2.75, 3.05) is 26.2 Å². The molecule has 0 saturated heterocycles. The zero-order chi connectivity index (χ0) is 21.1. The SMILES string of the molecule is COc1cc(C2C(C(=O)C=O)N=CN2c2cc(C)cc(C)c2)cc(OC)c1OC. The fourth-order valence-electron chi connectivity index (χ4n) is 3.69. The highest BCUT2D eigenvalue weighted by atomic mass is 16.5. The van der Waals surface area contributed by atoms with E-state index in [0.717, 1.165) is 22.4 Å². The molecule has 1 aliphatic heterocycles. The van der Waals surface area contributed by atoms with Gasteiger partial charge in [0, 0.05) is 5.69 Å². The standard InChI is InChI=1S/C22H24N2O5/c1-13-6-14(2)8-16(7-13)24-12-23-20(17(26)11-25)21(24)15-9-18(27-3)22(29-5)19(10-15)28-4/h6-12,20-21H,1-5H3. The monoisotopic (exact) mass is 396 g/mol. The molecule has 1 aliphatic rings. The lowest BCUT2D eigenvalue weighted by Crippen LogP contribution is -2.33. The third kappa shape index (κ3) is 3.81. The number of ketones is 1. The van der Waals surface area contributed by atoms with Crippen molar-refractivity contribution >= 4 is 24.1 Å². The Kier molecular flexibility index (Phi) is 5.87. The molecule has 0 N–H and O–H groups in total. The maximum absolute atomic E-state index is 12.3. The van der Waals surface area contributed by atoms with Crippen molar-refractivity contribution in [1.29, 1.82) is 0 Å². The summed E-state index contributed by atoms with van der Waals surface area (Å²) in [5.74, 6) is 0.790. The lowest BCUT2D eigenvalue weighted by molar-refractivity contribution is -0.130. The van der Waals surface area contributed by atoms with Gasteiger partial charge < -0.3 is 19.1 Å². The van der Waals surface area contributed by atoms with E-state index in [1.165, 1.54) is 21.3 Å². The van der Waals surface area contributed by atoms with Crippen LogP contribution in [0.4, 0.5) is 5.69 Å². The first-order valence-corrected chi connectivity index (χ1v) is 9.12. The molecular weight excluding hydrogens is 372 g/mol. The van der Waals surface area contributed by atoms with Gasteiger partial charge in [0.05, 0.1) is 33.7 Å². The number of hydrogen-bond acceptors (Lipinski definition) is 7. The number of carbonyl (C=O) groups excluding carboxylic acids is 2. The third-order valence-corrected chi connectivity index (χ3v) is 4.89.